The van der Waals surface area contributed by atoms with E-state index in [1.54, 1.807) is 5.38 Å². The predicted octanol–water partition coefficient (Wildman–Crippen LogP) is 0.585. The molecule has 0 radical (unpaired) electrons. The lowest BCUT2D eigenvalue weighted by atomic mass is 10.1. The number of carbonyl (C=O) groups is 2. The molecule has 1 aromatic rings. The van der Waals surface area contributed by atoms with Crippen molar-refractivity contribution in [3.05, 3.63) is 16.1 Å². The van der Waals surface area contributed by atoms with Gasteiger partial charge in [0.05, 0.1) is 5.92 Å². The van der Waals surface area contributed by atoms with Gasteiger partial charge in [-0.15, -0.1) is 11.3 Å². The molecule has 6 nitrogen and oxygen atoms in total. The number of hydrogen-bond acceptors (Lipinski definition) is 5. The quantitative estimate of drug-likeness (QED) is 0.741. The minimum atomic E-state index is -0.786. The topological polar surface area (TPSA) is 105 Å². The molecule has 0 saturated heterocycles. The Morgan fingerprint density at radius 3 is 2.89 bits per heavy atom. The monoisotopic (exact) mass is 269 g/mol. The standard InChI is InChI=1S/C11H15N3O3S/c12-4-9-14-8(5-18-9)10(15)13-7-2-1-6(3-7)11(16)17/h5-7H,1-4,12H2,(H,13,15)(H,16,17). The summed E-state index contributed by atoms with van der Waals surface area (Å²) in [5, 5.41) is 14.1. The summed E-state index contributed by atoms with van der Waals surface area (Å²) in [6.07, 6.45) is 1.82. The van der Waals surface area contributed by atoms with E-state index in [0.717, 1.165) is 5.01 Å². The first-order valence-electron chi connectivity index (χ1n) is 5.78. The number of nitrogens with two attached hydrogens (primary N) is 1. The van der Waals surface area contributed by atoms with Gasteiger partial charge in [-0.25, -0.2) is 4.98 Å². The zero-order chi connectivity index (χ0) is 13.1. The van der Waals surface area contributed by atoms with Crippen LogP contribution in [0.3, 0.4) is 0 Å². The number of amides is 1. The van der Waals surface area contributed by atoms with E-state index >= 15 is 0 Å². The van der Waals surface area contributed by atoms with Gasteiger partial charge in [0.1, 0.15) is 10.7 Å². The first-order valence-corrected chi connectivity index (χ1v) is 6.66. The molecule has 0 spiro atoms. The molecule has 1 aromatic heterocycles. The summed E-state index contributed by atoms with van der Waals surface area (Å²) in [6, 6.07) is -0.0679. The maximum atomic E-state index is 11.9. The Hall–Kier alpha value is -1.47. The number of nitrogens with one attached hydrogen (secondary N) is 1. The number of carboxylic acids is 1. The van der Waals surface area contributed by atoms with Crippen LogP contribution in [0.15, 0.2) is 5.38 Å². The summed E-state index contributed by atoms with van der Waals surface area (Å²) in [6.45, 7) is 0.322. The van der Waals surface area contributed by atoms with Crippen molar-refractivity contribution in [3.63, 3.8) is 0 Å². The zero-order valence-electron chi connectivity index (χ0n) is 9.76. The molecule has 1 saturated carbocycles. The van der Waals surface area contributed by atoms with Crippen LogP contribution >= 0.6 is 11.3 Å². The third-order valence-corrected chi connectivity index (χ3v) is 3.95. The molecular weight excluding hydrogens is 254 g/mol. The number of hydrogen-bond donors (Lipinski definition) is 3. The van der Waals surface area contributed by atoms with Crippen LogP contribution in [0.5, 0.6) is 0 Å². The highest BCUT2D eigenvalue weighted by molar-refractivity contribution is 7.09. The van der Waals surface area contributed by atoms with Crippen LogP contribution < -0.4 is 11.1 Å². The van der Waals surface area contributed by atoms with Crippen LogP contribution in [0, 0.1) is 5.92 Å². The molecule has 0 aliphatic heterocycles. The summed E-state index contributed by atoms with van der Waals surface area (Å²) in [5.41, 5.74) is 5.79. The zero-order valence-corrected chi connectivity index (χ0v) is 10.6. The number of aromatic nitrogens is 1. The predicted molar refractivity (Wildman–Crippen MR) is 66.2 cm³/mol. The van der Waals surface area contributed by atoms with Gasteiger partial charge in [0.15, 0.2) is 0 Å². The van der Waals surface area contributed by atoms with Gasteiger partial charge in [0.2, 0.25) is 0 Å². The maximum Gasteiger partial charge on any atom is 0.306 e. The fraction of sp³-hybridized carbons (Fsp3) is 0.545. The Balaban J connectivity index is 1.90. The number of carboxylic acid groups (broad SMARTS) is 1. The minimum absolute atomic E-state index is 0.0679. The SMILES string of the molecule is NCc1nc(C(=O)NC2CCC(C(=O)O)C2)cs1. The fourth-order valence-electron chi connectivity index (χ4n) is 2.11. The Morgan fingerprint density at radius 1 is 1.56 bits per heavy atom. The number of carbonyl (C=O) groups excluding carboxylic acids is 1. The molecule has 1 heterocycles. The highest BCUT2D eigenvalue weighted by Crippen LogP contribution is 2.25. The highest BCUT2D eigenvalue weighted by atomic mass is 32.1. The van der Waals surface area contributed by atoms with Gasteiger partial charge in [-0.05, 0) is 19.3 Å². The van der Waals surface area contributed by atoms with E-state index in [2.05, 4.69) is 10.3 Å². The van der Waals surface area contributed by atoms with Gasteiger partial charge in [0.25, 0.3) is 5.91 Å². The van der Waals surface area contributed by atoms with Crippen molar-refractivity contribution in [3.8, 4) is 0 Å². The van der Waals surface area contributed by atoms with Gasteiger partial charge in [-0.2, -0.15) is 0 Å². The van der Waals surface area contributed by atoms with Crippen molar-refractivity contribution in [2.24, 2.45) is 11.7 Å². The van der Waals surface area contributed by atoms with Crippen molar-refractivity contribution in [2.45, 2.75) is 31.8 Å². The van der Waals surface area contributed by atoms with Crippen LogP contribution in [0.2, 0.25) is 0 Å². The van der Waals surface area contributed by atoms with Gasteiger partial charge in [-0.3, -0.25) is 9.59 Å². The summed E-state index contributed by atoms with van der Waals surface area (Å²) in [7, 11) is 0. The molecule has 1 fully saturated rings. The van der Waals surface area contributed by atoms with E-state index in [4.69, 9.17) is 10.8 Å². The first kappa shape index (κ1) is 13.0. The molecule has 0 bridgehead atoms. The molecule has 98 valence electrons. The molecule has 4 N–H and O–H groups in total. The second-order valence-corrected chi connectivity index (χ2v) is 5.29. The second kappa shape index (κ2) is 5.45. The minimum Gasteiger partial charge on any atom is -0.481 e. The van der Waals surface area contributed by atoms with Crippen LogP contribution in [-0.2, 0) is 11.3 Å². The lowest BCUT2D eigenvalue weighted by Crippen LogP contribution is -2.33. The Kier molecular flexibility index (Phi) is 3.93. The van der Waals surface area contributed by atoms with E-state index in [0.29, 0.717) is 31.5 Å². The van der Waals surface area contributed by atoms with Crippen LogP contribution in [-0.4, -0.2) is 28.0 Å². The highest BCUT2D eigenvalue weighted by Gasteiger charge is 2.30. The summed E-state index contributed by atoms with van der Waals surface area (Å²) < 4.78 is 0. The van der Waals surface area contributed by atoms with E-state index in [1.165, 1.54) is 11.3 Å². The molecule has 0 aromatic carbocycles. The lowest BCUT2D eigenvalue weighted by molar-refractivity contribution is -0.141. The van der Waals surface area contributed by atoms with Gasteiger partial charge in [0, 0.05) is 18.0 Å². The van der Waals surface area contributed by atoms with Crippen molar-refractivity contribution >= 4 is 23.2 Å². The Labute approximate surface area is 108 Å². The Morgan fingerprint density at radius 2 is 2.33 bits per heavy atom. The van der Waals surface area contributed by atoms with Crippen molar-refractivity contribution in [1.29, 1.82) is 0 Å². The Bertz CT molecular complexity index is 460. The molecule has 2 unspecified atom stereocenters. The molecule has 18 heavy (non-hydrogen) atoms. The summed E-state index contributed by atoms with van der Waals surface area (Å²) in [4.78, 5) is 26.7. The van der Waals surface area contributed by atoms with Crippen LogP contribution in [0.1, 0.15) is 34.8 Å². The van der Waals surface area contributed by atoms with Crippen molar-refractivity contribution in [1.82, 2.24) is 10.3 Å². The number of rotatable bonds is 4. The molecule has 2 atom stereocenters. The molecular formula is C11H15N3O3S. The molecule has 2 rings (SSSR count). The van der Waals surface area contributed by atoms with E-state index in [-0.39, 0.29) is 17.9 Å². The average molecular weight is 269 g/mol. The van der Waals surface area contributed by atoms with Gasteiger partial charge >= 0.3 is 5.97 Å². The smallest absolute Gasteiger partial charge is 0.306 e. The van der Waals surface area contributed by atoms with Crippen LogP contribution in [0.4, 0.5) is 0 Å². The van der Waals surface area contributed by atoms with E-state index in [1.807, 2.05) is 0 Å². The molecule has 1 amide bonds. The maximum absolute atomic E-state index is 11.9. The van der Waals surface area contributed by atoms with Crippen molar-refractivity contribution in [2.75, 3.05) is 0 Å². The van der Waals surface area contributed by atoms with Gasteiger partial charge < -0.3 is 16.2 Å². The molecule has 1 aliphatic rings. The summed E-state index contributed by atoms with van der Waals surface area (Å²) in [5.74, 6) is -1.38. The first-order chi connectivity index (χ1) is 8.60. The summed E-state index contributed by atoms with van der Waals surface area (Å²) >= 11 is 1.35. The third-order valence-electron chi connectivity index (χ3n) is 3.08. The number of nitrogens with zero attached hydrogens (tertiary/aromatic N) is 1. The van der Waals surface area contributed by atoms with E-state index in [9.17, 15) is 9.59 Å². The average Bonchev–Trinajstić information content (AvgIpc) is 2.96. The molecule has 7 heteroatoms. The number of thiazole rings is 1. The molecule has 1 aliphatic carbocycles. The van der Waals surface area contributed by atoms with Gasteiger partial charge in [-0.1, -0.05) is 0 Å². The van der Waals surface area contributed by atoms with Crippen molar-refractivity contribution < 1.29 is 14.7 Å². The number of aliphatic carboxylic acids is 1. The van der Waals surface area contributed by atoms with E-state index < -0.39 is 5.97 Å². The lowest BCUT2D eigenvalue weighted by Gasteiger charge is -2.10. The normalized spacial score (nSPS) is 22.9. The van der Waals surface area contributed by atoms with Crippen LogP contribution in [0.25, 0.3) is 0 Å². The second-order valence-electron chi connectivity index (χ2n) is 4.35. The fourth-order valence-corrected chi connectivity index (χ4v) is 2.76. The largest absolute Gasteiger partial charge is 0.481 e. The third kappa shape index (κ3) is 2.85.